The monoisotopic (exact) mass is 533 g/mol. The molecule has 0 amide bonds. The molecule has 0 aliphatic carbocycles. The predicted octanol–water partition coefficient (Wildman–Crippen LogP) is 11.5. The van der Waals surface area contributed by atoms with Gasteiger partial charge in [-0.3, -0.25) is 0 Å². The van der Waals surface area contributed by atoms with Crippen molar-refractivity contribution in [2.24, 2.45) is 0 Å². The Morgan fingerprint density at radius 3 is 1.69 bits per heavy atom. The summed E-state index contributed by atoms with van der Waals surface area (Å²) >= 11 is 3.72. The number of benzene rings is 6. The number of hydrogen-bond donors (Lipinski definition) is 1. The quantitative estimate of drug-likeness (QED) is 0.237. The lowest BCUT2D eigenvalue weighted by Crippen LogP contribution is -1.93. The Morgan fingerprint density at radius 1 is 0.385 bits per heavy atom. The van der Waals surface area contributed by atoms with Crippen molar-refractivity contribution in [3.8, 4) is 22.3 Å². The van der Waals surface area contributed by atoms with Gasteiger partial charge in [-0.25, -0.2) is 0 Å². The maximum absolute atomic E-state index is 3.73. The average Bonchev–Trinajstić information content (AvgIpc) is 3.55. The average molecular weight is 534 g/mol. The molecule has 0 fully saturated rings. The van der Waals surface area contributed by atoms with E-state index in [1.807, 2.05) is 22.7 Å². The summed E-state index contributed by atoms with van der Waals surface area (Å²) in [4.78, 5) is 0. The van der Waals surface area contributed by atoms with Crippen molar-refractivity contribution in [1.82, 2.24) is 0 Å². The normalized spacial score (nSPS) is 11.6. The van der Waals surface area contributed by atoms with Crippen molar-refractivity contribution < 1.29 is 0 Å². The lowest BCUT2D eigenvalue weighted by Gasteiger charge is -2.14. The number of hydrogen-bond acceptors (Lipinski definition) is 3. The molecule has 0 saturated carbocycles. The van der Waals surface area contributed by atoms with Gasteiger partial charge in [0.2, 0.25) is 0 Å². The largest absolute Gasteiger partial charge is 0.355 e. The van der Waals surface area contributed by atoms with E-state index in [1.54, 1.807) is 0 Å². The first-order valence-corrected chi connectivity index (χ1v) is 14.7. The van der Waals surface area contributed by atoms with Crippen LogP contribution in [-0.2, 0) is 0 Å². The molecule has 3 heteroatoms. The van der Waals surface area contributed by atoms with Gasteiger partial charge in [0.15, 0.2) is 0 Å². The third-order valence-electron chi connectivity index (χ3n) is 7.47. The molecule has 0 radical (unpaired) electrons. The molecule has 0 unspecified atom stereocenters. The third-order valence-corrected chi connectivity index (χ3v) is 9.77. The van der Waals surface area contributed by atoms with E-state index in [1.165, 1.54) is 62.6 Å². The second-order valence-corrected chi connectivity index (χ2v) is 12.0. The van der Waals surface area contributed by atoms with Crippen molar-refractivity contribution in [1.29, 1.82) is 0 Å². The molecule has 0 aliphatic heterocycles. The van der Waals surface area contributed by atoms with Gasteiger partial charge in [0.05, 0.1) is 0 Å². The summed E-state index contributed by atoms with van der Waals surface area (Å²) in [5, 5.41) is 9.03. The highest BCUT2D eigenvalue weighted by molar-refractivity contribution is 7.26. The van der Waals surface area contributed by atoms with Crippen LogP contribution in [0.25, 0.3) is 62.6 Å². The molecule has 0 atom stereocenters. The van der Waals surface area contributed by atoms with Gasteiger partial charge in [0, 0.05) is 57.3 Å². The first-order chi connectivity index (χ1) is 19.3. The smallest absolute Gasteiger partial charge is 0.0463 e. The van der Waals surface area contributed by atoms with E-state index in [-0.39, 0.29) is 0 Å². The molecule has 1 nitrogen and oxygen atoms in total. The van der Waals surface area contributed by atoms with E-state index >= 15 is 0 Å². The minimum absolute atomic E-state index is 1.08. The van der Waals surface area contributed by atoms with Gasteiger partial charge in [-0.15, -0.1) is 22.7 Å². The molecule has 6 aromatic carbocycles. The van der Waals surface area contributed by atoms with Gasteiger partial charge in [0.25, 0.3) is 0 Å². The first-order valence-electron chi connectivity index (χ1n) is 13.1. The van der Waals surface area contributed by atoms with Crippen LogP contribution in [0.1, 0.15) is 0 Å². The summed E-state index contributed by atoms with van der Waals surface area (Å²) < 4.78 is 5.33. The summed E-state index contributed by atoms with van der Waals surface area (Å²) in [6.07, 6.45) is 0. The third kappa shape index (κ3) is 3.90. The van der Waals surface area contributed by atoms with E-state index in [0.717, 1.165) is 11.4 Å². The molecular formula is C36H23NS2. The van der Waals surface area contributed by atoms with Gasteiger partial charge in [-0.2, -0.15) is 0 Å². The second-order valence-electron chi connectivity index (χ2n) is 9.87. The molecular weight excluding hydrogens is 511 g/mol. The summed E-state index contributed by atoms with van der Waals surface area (Å²) in [6, 6.07) is 48.4. The molecule has 0 aliphatic rings. The summed E-state index contributed by atoms with van der Waals surface area (Å²) in [5.41, 5.74) is 7.05. The zero-order valence-corrected chi connectivity index (χ0v) is 22.7. The minimum Gasteiger partial charge on any atom is -0.355 e. The van der Waals surface area contributed by atoms with Gasteiger partial charge < -0.3 is 5.32 Å². The van der Waals surface area contributed by atoms with Gasteiger partial charge >= 0.3 is 0 Å². The fraction of sp³-hybridized carbons (Fsp3) is 0. The standard InChI is InChI=1S/C36H23NS2/c1-4-13-32(27(10-1)25-17-19-36-31(22-25)29-12-3-6-15-34(29)39-36)37-26-9-7-8-23(20-26)24-16-18-35-30(21-24)28-11-2-5-14-33(28)38-35/h1-22,37H. The fourth-order valence-corrected chi connectivity index (χ4v) is 7.75. The predicted molar refractivity (Wildman–Crippen MR) is 173 cm³/mol. The van der Waals surface area contributed by atoms with Crippen LogP contribution in [0.5, 0.6) is 0 Å². The first kappa shape index (κ1) is 22.5. The number of nitrogens with one attached hydrogen (secondary N) is 1. The Balaban J connectivity index is 1.17. The molecule has 184 valence electrons. The maximum Gasteiger partial charge on any atom is 0.0463 e. The lowest BCUT2D eigenvalue weighted by molar-refractivity contribution is 1.53. The van der Waals surface area contributed by atoms with Crippen molar-refractivity contribution in [2.75, 3.05) is 5.32 Å². The van der Waals surface area contributed by atoms with Crippen LogP contribution in [0.4, 0.5) is 11.4 Å². The number of rotatable bonds is 4. The number of thiophene rings is 2. The number of anilines is 2. The number of para-hydroxylation sites is 1. The Labute approximate surface area is 234 Å². The van der Waals surface area contributed by atoms with E-state index in [4.69, 9.17) is 0 Å². The Kier molecular flexibility index (Phi) is 5.25. The Morgan fingerprint density at radius 2 is 0.949 bits per heavy atom. The zero-order valence-electron chi connectivity index (χ0n) is 21.0. The van der Waals surface area contributed by atoms with Crippen molar-refractivity contribution in [3.63, 3.8) is 0 Å². The van der Waals surface area contributed by atoms with Crippen molar-refractivity contribution >= 4 is 74.4 Å². The molecule has 1 N–H and O–H groups in total. The van der Waals surface area contributed by atoms with Crippen LogP contribution >= 0.6 is 22.7 Å². The molecule has 0 saturated heterocycles. The highest BCUT2D eigenvalue weighted by atomic mass is 32.1. The summed E-state index contributed by atoms with van der Waals surface area (Å²) in [7, 11) is 0. The zero-order chi connectivity index (χ0) is 25.8. The SMILES string of the molecule is c1cc(Nc2ccccc2-c2ccc3sc4ccccc4c3c2)cc(-c2ccc3sc4ccccc4c3c2)c1. The molecule has 0 spiro atoms. The fourth-order valence-electron chi connectivity index (χ4n) is 5.58. The molecule has 0 bridgehead atoms. The minimum atomic E-state index is 1.08. The topological polar surface area (TPSA) is 12.0 Å². The molecule has 2 heterocycles. The summed E-state index contributed by atoms with van der Waals surface area (Å²) in [5.74, 6) is 0. The molecule has 2 aromatic heterocycles. The lowest BCUT2D eigenvalue weighted by atomic mass is 10.00. The van der Waals surface area contributed by atoms with Crippen molar-refractivity contribution in [2.45, 2.75) is 0 Å². The van der Waals surface area contributed by atoms with E-state index < -0.39 is 0 Å². The van der Waals surface area contributed by atoms with Crippen LogP contribution in [0.3, 0.4) is 0 Å². The Bertz CT molecular complexity index is 2170. The highest BCUT2D eigenvalue weighted by Crippen LogP contribution is 2.39. The van der Waals surface area contributed by atoms with Crippen LogP contribution in [-0.4, -0.2) is 0 Å². The van der Waals surface area contributed by atoms with E-state index in [0.29, 0.717) is 0 Å². The van der Waals surface area contributed by atoms with Crippen LogP contribution in [0.2, 0.25) is 0 Å². The van der Waals surface area contributed by atoms with Crippen LogP contribution < -0.4 is 5.32 Å². The van der Waals surface area contributed by atoms with E-state index in [2.05, 4.69) is 139 Å². The van der Waals surface area contributed by atoms with Crippen LogP contribution in [0, 0.1) is 0 Å². The van der Waals surface area contributed by atoms with Crippen LogP contribution in [0.15, 0.2) is 133 Å². The Hall–Kier alpha value is -4.44. The van der Waals surface area contributed by atoms with Gasteiger partial charge in [-0.05, 0) is 71.3 Å². The molecule has 8 rings (SSSR count). The van der Waals surface area contributed by atoms with Gasteiger partial charge in [-0.1, -0.05) is 78.9 Å². The number of fused-ring (bicyclic) bond motifs is 6. The van der Waals surface area contributed by atoms with Crippen molar-refractivity contribution in [3.05, 3.63) is 133 Å². The highest BCUT2D eigenvalue weighted by Gasteiger charge is 2.11. The molecule has 8 aromatic rings. The maximum atomic E-state index is 3.73. The van der Waals surface area contributed by atoms with E-state index in [9.17, 15) is 0 Å². The summed E-state index contributed by atoms with van der Waals surface area (Å²) in [6.45, 7) is 0. The van der Waals surface area contributed by atoms with Gasteiger partial charge in [0.1, 0.15) is 0 Å². The second kappa shape index (κ2) is 9.09. The molecule has 39 heavy (non-hydrogen) atoms.